The third-order valence-corrected chi connectivity index (χ3v) is 4.18. The predicted molar refractivity (Wildman–Crippen MR) is 86.1 cm³/mol. The highest BCUT2D eigenvalue weighted by molar-refractivity contribution is 5.95. The van der Waals surface area contributed by atoms with Gasteiger partial charge in [-0.15, -0.1) is 0 Å². The van der Waals surface area contributed by atoms with Crippen molar-refractivity contribution in [3.63, 3.8) is 0 Å². The minimum atomic E-state index is -2.72. The Bertz CT molecular complexity index is 697. The lowest BCUT2D eigenvalue weighted by atomic mass is 9.80. The third-order valence-electron chi connectivity index (χ3n) is 4.18. The highest BCUT2D eigenvalue weighted by Crippen LogP contribution is 2.43. The van der Waals surface area contributed by atoms with Crippen molar-refractivity contribution >= 4 is 11.6 Å². The minimum absolute atomic E-state index is 0.275. The van der Waals surface area contributed by atoms with E-state index in [1.807, 2.05) is 24.3 Å². The SMILES string of the molecule is COc1ccc(CN(C(=O)C2CC(F)(F)C2)c2ccncc2)cc1. The van der Waals surface area contributed by atoms with Crippen LogP contribution < -0.4 is 9.64 Å². The van der Waals surface area contributed by atoms with Crippen LogP contribution in [0.2, 0.25) is 0 Å². The average Bonchev–Trinajstić information content (AvgIpc) is 2.58. The molecule has 1 saturated carbocycles. The molecule has 4 nitrogen and oxygen atoms in total. The molecule has 0 N–H and O–H groups in total. The Morgan fingerprint density at radius 3 is 2.38 bits per heavy atom. The number of alkyl halides is 2. The zero-order chi connectivity index (χ0) is 17.2. The number of carbonyl (C=O) groups is 1. The van der Waals surface area contributed by atoms with Crippen molar-refractivity contribution < 1.29 is 18.3 Å². The molecule has 0 radical (unpaired) electrons. The molecule has 1 fully saturated rings. The maximum atomic E-state index is 13.1. The van der Waals surface area contributed by atoms with Crippen molar-refractivity contribution in [2.24, 2.45) is 5.92 Å². The van der Waals surface area contributed by atoms with Gasteiger partial charge in [-0.1, -0.05) is 12.1 Å². The first-order chi connectivity index (χ1) is 11.5. The number of halogens is 2. The maximum Gasteiger partial charge on any atom is 0.249 e. The van der Waals surface area contributed by atoms with Crippen LogP contribution in [-0.2, 0) is 11.3 Å². The molecule has 1 aromatic heterocycles. The monoisotopic (exact) mass is 332 g/mol. The number of methoxy groups -OCH3 is 1. The van der Waals surface area contributed by atoms with E-state index in [0.717, 1.165) is 11.3 Å². The number of hydrogen-bond donors (Lipinski definition) is 0. The first kappa shape index (κ1) is 16.4. The molecule has 24 heavy (non-hydrogen) atoms. The molecule has 1 aromatic carbocycles. The summed E-state index contributed by atoms with van der Waals surface area (Å²) in [4.78, 5) is 18.2. The fraction of sp³-hybridized carbons (Fsp3) is 0.333. The Balaban J connectivity index is 1.81. The minimum Gasteiger partial charge on any atom is -0.497 e. The Morgan fingerprint density at radius 1 is 1.21 bits per heavy atom. The number of rotatable bonds is 5. The molecule has 0 bridgehead atoms. The second-order valence-electron chi connectivity index (χ2n) is 5.94. The fourth-order valence-corrected chi connectivity index (χ4v) is 2.79. The van der Waals surface area contributed by atoms with Crippen molar-refractivity contribution in [2.45, 2.75) is 25.3 Å². The van der Waals surface area contributed by atoms with Gasteiger partial charge in [-0.25, -0.2) is 8.78 Å². The molecule has 0 aliphatic heterocycles. The number of ether oxygens (including phenoxy) is 1. The largest absolute Gasteiger partial charge is 0.497 e. The Labute approximate surface area is 139 Å². The van der Waals surface area contributed by atoms with Gasteiger partial charge in [0.25, 0.3) is 0 Å². The first-order valence-corrected chi connectivity index (χ1v) is 7.71. The van der Waals surface area contributed by atoms with Gasteiger partial charge in [0.05, 0.1) is 13.7 Å². The van der Waals surface area contributed by atoms with Gasteiger partial charge in [0.15, 0.2) is 0 Å². The van der Waals surface area contributed by atoms with Crippen LogP contribution in [0.1, 0.15) is 18.4 Å². The van der Waals surface area contributed by atoms with Crippen LogP contribution in [0.3, 0.4) is 0 Å². The van der Waals surface area contributed by atoms with Crippen molar-refractivity contribution in [1.29, 1.82) is 0 Å². The summed E-state index contributed by atoms with van der Waals surface area (Å²) < 4.78 is 31.4. The molecule has 2 aromatic rings. The number of aromatic nitrogens is 1. The van der Waals surface area contributed by atoms with Gasteiger partial charge >= 0.3 is 0 Å². The maximum absolute atomic E-state index is 13.1. The van der Waals surface area contributed by atoms with Crippen LogP contribution in [0.15, 0.2) is 48.8 Å². The first-order valence-electron chi connectivity index (χ1n) is 7.71. The molecule has 0 atom stereocenters. The van der Waals surface area contributed by atoms with Gasteiger partial charge in [0.2, 0.25) is 11.8 Å². The Morgan fingerprint density at radius 2 is 1.83 bits per heavy atom. The number of hydrogen-bond acceptors (Lipinski definition) is 3. The molecule has 3 rings (SSSR count). The fourth-order valence-electron chi connectivity index (χ4n) is 2.79. The van der Waals surface area contributed by atoms with Gasteiger partial charge in [-0.3, -0.25) is 9.78 Å². The summed E-state index contributed by atoms with van der Waals surface area (Å²) in [6, 6.07) is 10.7. The van der Waals surface area contributed by atoms with Gasteiger partial charge < -0.3 is 9.64 Å². The number of anilines is 1. The van der Waals surface area contributed by atoms with Crippen LogP contribution in [0, 0.1) is 5.92 Å². The second-order valence-corrected chi connectivity index (χ2v) is 5.94. The molecule has 1 aliphatic carbocycles. The Hall–Kier alpha value is -2.50. The summed E-state index contributed by atoms with van der Waals surface area (Å²) in [5.41, 5.74) is 1.55. The van der Waals surface area contributed by atoms with E-state index >= 15 is 0 Å². The Kier molecular flexibility index (Phi) is 4.46. The summed E-state index contributed by atoms with van der Waals surface area (Å²) >= 11 is 0. The van der Waals surface area contributed by atoms with Gasteiger partial charge in [0, 0.05) is 36.8 Å². The van der Waals surface area contributed by atoms with Crippen LogP contribution in [-0.4, -0.2) is 23.9 Å². The van der Waals surface area contributed by atoms with Gasteiger partial charge in [0.1, 0.15) is 5.75 Å². The standard InChI is InChI=1S/C18H18F2N2O2/c1-24-16-4-2-13(3-5-16)12-22(15-6-8-21-9-7-15)17(23)14-10-18(19,20)11-14/h2-9,14H,10-12H2,1H3. The van der Waals surface area contributed by atoms with Crippen LogP contribution >= 0.6 is 0 Å². The van der Waals surface area contributed by atoms with E-state index in [4.69, 9.17) is 4.74 Å². The zero-order valence-corrected chi connectivity index (χ0v) is 13.3. The van der Waals surface area contributed by atoms with Gasteiger partial charge in [-0.2, -0.15) is 0 Å². The average molecular weight is 332 g/mol. The molecular weight excluding hydrogens is 314 g/mol. The quantitative estimate of drug-likeness (QED) is 0.839. The number of amides is 1. The number of nitrogens with zero attached hydrogens (tertiary/aromatic N) is 2. The lowest BCUT2D eigenvalue weighted by Crippen LogP contribution is -2.46. The van der Waals surface area contributed by atoms with E-state index in [0.29, 0.717) is 12.2 Å². The highest BCUT2D eigenvalue weighted by Gasteiger charge is 2.49. The van der Waals surface area contributed by atoms with E-state index < -0.39 is 11.8 Å². The number of pyridine rings is 1. The summed E-state index contributed by atoms with van der Waals surface area (Å²) in [5, 5.41) is 0. The lowest BCUT2D eigenvalue weighted by molar-refractivity contribution is -0.147. The van der Waals surface area contributed by atoms with E-state index in [-0.39, 0.29) is 18.7 Å². The number of carbonyl (C=O) groups excluding carboxylic acids is 1. The summed E-state index contributed by atoms with van der Waals surface area (Å²) in [5.74, 6) is -2.90. The van der Waals surface area contributed by atoms with E-state index in [1.54, 1.807) is 36.5 Å². The second kappa shape index (κ2) is 6.55. The third kappa shape index (κ3) is 3.53. The van der Waals surface area contributed by atoms with Crippen LogP contribution in [0.5, 0.6) is 5.75 Å². The summed E-state index contributed by atoms with van der Waals surface area (Å²) in [7, 11) is 1.58. The lowest BCUT2D eigenvalue weighted by Gasteiger charge is -2.37. The van der Waals surface area contributed by atoms with E-state index in [2.05, 4.69) is 4.98 Å². The molecule has 1 aliphatic rings. The predicted octanol–water partition coefficient (Wildman–Crippen LogP) is 3.67. The topological polar surface area (TPSA) is 42.4 Å². The van der Waals surface area contributed by atoms with Crippen LogP contribution in [0.4, 0.5) is 14.5 Å². The van der Waals surface area contributed by atoms with Crippen molar-refractivity contribution in [3.05, 3.63) is 54.4 Å². The molecule has 1 heterocycles. The van der Waals surface area contributed by atoms with Crippen LogP contribution in [0.25, 0.3) is 0 Å². The van der Waals surface area contributed by atoms with Gasteiger partial charge in [-0.05, 0) is 29.8 Å². The van der Waals surface area contributed by atoms with Crippen molar-refractivity contribution in [1.82, 2.24) is 4.98 Å². The number of benzene rings is 1. The van der Waals surface area contributed by atoms with Crippen molar-refractivity contribution in [3.8, 4) is 5.75 Å². The molecular formula is C18H18F2N2O2. The molecule has 6 heteroatoms. The zero-order valence-electron chi connectivity index (χ0n) is 13.3. The smallest absolute Gasteiger partial charge is 0.249 e. The highest BCUT2D eigenvalue weighted by atomic mass is 19.3. The molecule has 1 amide bonds. The molecule has 0 unspecified atom stereocenters. The van der Waals surface area contributed by atoms with Crippen molar-refractivity contribution in [2.75, 3.05) is 12.0 Å². The summed E-state index contributed by atoms with van der Waals surface area (Å²) in [6.07, 6.45) is 2.41. The normalized spacial score (nSPS) is 16.3. The van der Waals surface area contributed by atoms with E-state index in [1.165, 1.54) is 0 Å². The molecule has 0 saturated heterocycles. The van der Waals surface area contributed by atoms with E-state index in [9.17, 15) is 13.6 Å². The molecule has 0 spiro atoms. The molecule has 126 valence electrons. The summed E-state index contributed by atoms with van der Waals surface area (Å²) in [6.45, 7) is 0.314.